The van der Waals surface area contributed by atoms with E-state index in [1.807, 2.05) is 12.1 Å². The van der Waals surface area contributed by atoms with Gasteiger partial charge in [-0.3, -0.25) is 19.7 Å². The summed E-state index contributed by atoms with van der Waals surface area (Å²) in [5.74, 6) is -0.265. The van der Waals surface area contributed by atoms with Crippen molar-refractivity contribution in [2.45, 2.75) is 0 Å². The summed E-state index contributed by atoms with van der Waals surface area (Å²) in [6.07, 6.45) is 6.56. The largest absolute Gasteiger partial charge is 0.321 e. The first-order valence-corrected chi connectivity index (χ1v) is 5.75. The summed E-state index contributed by atoms with van der Waals surface area (Å²) >= 11 is 0. The van der Waals surface area contributed by atoms with Gasteiger partial charge in [-0.25, -0.2) is 0 Å². The molecule has 1 amide bonds. The molecule has 0 atom stereocenters. The monoisotopic (exact) mass is 250 g/mol. The van der Waals surface area contributed by atoms with Crippen molar-refractivity contribution >= 4 is 22.5 Å². The first-order valence-electron chi connectivity index (χ1n) is 5.75. The van der Waals surface area contributed by atoms with Crippen molar-refractivity contribution in [1.29, 1.82) is 0 Å². The van der Waals surface area contributed by atoms with E-state index in [4.69, 9.17) is 0 Å². The SMILES string of the molecule is O=C(Nc1ccncc1)c1cc2ncccc2cn1. The number of rotatable bonds is 2. The number of aromatic nitrogens is 3. The lowest BCUT2D eigenvalue weighted by molar-refractivity contribution is 0.102. The molecule has 3 heterocycles. The number of anilines is 1. The van der Waals surface area contributed by atoms with Crippen molar-refractivity contribution in [3.05, 3.63) is 60.8 Å². The van der Waals surface area contributed by atoms with Gasteiger partial charge in [0.05, 0.1) is 5.52 Å². The summed E-state index contributed by atoms with van der Waals surface area (Å²) in [6, 6.07) is 8.85. The van der Waals surface area contributed by atoms with Crippen molar-refractivity contribution in [3.63, 3.8) is 0 Å². The van der Waals surface area contributed by atoms with E-state index in [9.17, 15) is 4.79 Å². The first-order chi connectivity index (χ1) is 9.33. The molecule has 5 nitrogen and oxygen atoms in total. The Balaban J connectivity index is 1.89. The second-order valence-electron chi connectivity index (χ2n) is 3.96. The standard InChI is InChI=1S/C14H10N4O/c19-14(18-11-3-6-15-7-4-11)13-8-12-10(9-17-13)2-1-5-16-12/h1-9H,(H,15,18,19). The highest BCUT2D eigenvalue weighted by molar-refractivity contribution is 6.04. The van der Waals surface area contributed by atoms with Gasteiger partial charge in [0.15, 0.2) is 0 Å². The maximum atomic E-state index is 12.0. The molecule has 3 aromatic heterocycles. The lowest BCUT2D eigenvalue weighted by atomic mass is 10.2. The molecule has 5 heteroatoms. The molecule has 0 spiro atoms. The zero-order valence-corrected chi connectivity index (χ0v) is 9.95. The van der Waals surface area contributed by atoms with Crippen LogP contribution < -0.4 is 5.32 Å². The molecule has 3 rings (SSSR count). The van der Waals surface area contributed by atoms with Gasteiger partial charge < -0.3 is 5.32 Å². The molecular formula is C14H10N4O. The minimum Gasteiger partial charge on any atom is -0.321 e. The molecule has 3 aromatic rings. The average molecular weight is 250 g/mol. The van der Waals surface area contributed by atoms with Gasteiger partial charge >= 0.3 is 0 Å². The summed E-state index contributed by atoms with van der Waals surface area (Å²) in [5, 5.41) is 3.66. The molecule has 0 aromatic carbocycles. The summed E-state index contributed by atoms with van der Waals surface area (Å²) in [5.41, 5.74) is 1.77. The Bertz CT molecular complexity index is 728. The number of fused-ring (bicyclic) bond motifs is 1. The third-order valence-corrected chi connectivity index (χ3v) is 2.66. The van der Waals surface area contributed by atoms with Crippen molar-refractivity contribution in [1.82, 2.24) is 15.0 Å². The zero-order chi connectivity index (χ0) is 13.1. The Morgan fingerprint density at radius 1 is 1.05 bits per heavy atom. The van der Waals surface area contributed by atoms with Crippen molar-refractivity contribution in [2.24, 2.45) is 0 Å². The molecule has 19 heavy (non-hydrogen) atoms. The number of nitrogens with one attached hydrogen (secondary N) is 1. The number of carbonyl (C=O) groups excluding carboxylic acids is 1. The van der Waals surface area contributed by atoms with Crippen molar-refractivity contribution < 1.29 is 4.79 Å². The van der Waals surface area contributed by atoms with Crippen LogP contribution in [0.2, 0.25) is 0 Å². The molecular weight excluding hydrogens is 240 g/mol. The molecule has 0 fully saturated rings. The number of amides is 1. The van der Waals surface area contributed by atoms with E-state index >= 15 is 0 Å². The fourth-order valence-corrected chi connectivity index (χ4v) is 1.72. The van der Waals surface area contributed by atoms with Gasteiger partial charge in [-0.15, -0.1) is 0 Å². The molecule has 0 saturated carbocycles. The quantitative estimate of drug-likeness (QED) is 0.757. The molecule has 0 bridgehead atoms. The van der Waals surface area contributed by atoms with Crippen LogP contribution >= 0.6 is 0 Å². The van der Waals surface area contributed by atoms with Gasteiger partial charge in [-0.1, -0.05) is 0 Å². The third-order valence-electron chi connectivity index (χ3n) is 2.66. The average Bonchev–Trinajstić information content (AvgIpc) is 2.48. The van der Waals surface area contributed by atoms with E-state index < -0.39 is 0 Å². The highest BCUT2D eigenvalue weighted by Crippen LogP contribution is 2.12. The Morgan fingerprint density at radius 2 is 1.89 bits per heavy atom. The van der Waals surface area contributed by atoms with Crippen LogP contribution in [0.3, 0.4) is 0 Å². The first kappa shape index (κ1) is 11.3. The van der Waals surface area contributed by atoms with Crippen LogP contribution in [-0.4, -0.2) is 20.9 Å². The topological polar surface area (TPSA) is 67.8 Å². The van der Waals surface area contributed by atoms with Crippen LogP contribution in [0, 0.1) is 0 Å². The van der Waals surface area contributed by atoms with E-state index in [-0.39, 0.29) is 5.91 Å². The lowest BCUT2D eigenvalue weighted by Crippen LogP contribution is -2.13. The van der Waals surface area contributed by atoms with Crippen LogP contribution in [0.1, 0.15) is 10.5 Å². The molecule has 0 saturated heterocycles. The molecule has 0 radical (unpaired) electrons. The van der Waals surface area contributed by atoms with Crippen LogP contribution in [0.25, 0.3) is 10.9 Å². The third kappa shape index (κ3) is 2.40. The van der Waals surface area contributed by atoms with E-state index in [1.54, 1.807) is 43.0 Å². The van der Waals surface area contributed by atoms with E-state index in [0.29, 0.717) is 11.4 Å². The number of hydrogen-bond acceptors (Lipinski definition) is 4. The molecule has 0 aliphatic rings. The molecule has 0 aliphatic carbocycles. The van der Waals surface area contributed by atoms with Crippen LogP contribution in [0.15, 0.2) is 55.1 Å². The molecule has 1 N–H and O–H groups in total. The summed E-state index contributed by atoms with van der Waals surface area (Å²) in [6.45, 7) is 0. The fraction of sp³-hybridized carbons (Fsp3) is 0. The van der Waals surface area contributed by atoms with Crippen LogP contribution in [-0.2, 0) is 0 Å². The van der Waals surface area contributed by atoms with E-state index in [1.165, 1.54) is 0 Å². The number of hydrogen-bond donors (Lipinski definition) is 1. The highest BCUT2D eigenvalue weighted by Gasteiger charge is 2.08. The van der Waals surface area contributed by atoms with Gasteiger partial charge in [0, 0.05) is 35.9 Å². The maximum Gasteiger partial charge on any atom is 0.274 e. The fourth-order valence-electron chi connectivity index (χ4n) is 1.72. The van der Waals surface area contributed by atoms with Gasteiger partial charge in [0.1, 0.15) is 5.69 Å². The molecule has 0 unspecified atom stereocenters. The maximum absolute atomic E-state index is 12.0. The summed E-state index contributed by atoms with van der Waals surface area (Å²) in [7, 11) is 0. The minimum absolute atomic E-state index is 0.265. The second-order valence-corrected chi connectivity index (χ2v) is 3.96. The smallest absolute Gasteiger partial charge is 0.274 e. The normalized spacial score (nSPS) is 10.3. The van der Waals surface area contributed by atoms with Gasteiger partial charge in [0.25, 0.3) is 5.91 Å². The summed E-state index contributed by atoms with van der Waals surface area (Å²) in [4.78, 5) is 24.3. The zero-order valence-electron chi connectivity index (χ0n) is 9.95. The molecule has 0 aliphatic heterocycles. The minimum atomic E-state index is -0.265. The van der Waals surface area contributed by atoms with Crippen molar-refractivity contribution in [3.8, 4) is 0 Å². The summed E-state index contributed by atoms with van der Waals surface area (Å²) < 4.78 is 0. The predicted octanol–water partition coefficient (Wildman–Crippen LogP) is 2.28. The number of nitrogens with zero attached hydrogens (tertiary/aromatic N) is 3. The van der Waals surface area contributed by atoms with E-state index in [2.05, 4.69) is 20.3 Å². The van der Waals surface area contributed by atoms with Gasteiger partial charge in [0.2, 0.25) is 0 Å². The van der Waals surface area contributed by atoms with Crippen LogP contribution in [0.4, 0.5) is 5.69 Å². The second kappa shape index (κ2) is 4.81. The number of pyridine rings is 3. The van der Waals surface area contributed by atoms with Gasteiger partial charge in [-0.05, 0) is 30.3 Å². The number of carbonyl (C=O) groups is 1. The predicted molar refractivity (Wildman–Crippen MR) is 71.7 cm³/mol. The van der Waals surface area contributed by atoms with Crippen molar-refractivity contribution in [2.75, 3.05) is 5.32 Å². The Morgan fingerprint density at radius 3 is 2.74 bits per heavy atom. The van der Waals surface area contributed by atoms with Gasteiger partial charge in [-0.2, -0.15) is 0 Å². The Labute approximate surface area is 109 Å². The highest BCUT2D eigenvalue weighted by atomic mass is 16.1. The molecule has 92 valence electrons. The van der Waals surface area contributed by atoms with E-state index in [0.717, 1.165) is 10.9 Å². The lowest BCUT2D eigenvalue weighted by Gasteiger charge is -2.04. The Kier molecular flexibility index (Phi) is 2.86. The Hall–Kier alpha value is -2.82. The van der Waals surface area contributed by atoms with Crippen LogP contribution in [0.5, 0.6) is 0 Å².